The summed E-state index contributed by atoms with van der Waals surface area (Å²) in [6.45, 7) is 1.92. The van der Waals surface area contributed by atoms with Gasteiger partial charge in [-0.25, -0.2) is 17.5 Å². The third-order valence-electron chi connectivity index (χ3n) is 3.89. The molecule has 4 nitrogen and oxygen atoms in total. The number of aryl methyl sites for hydroxylation is 1. The van der Waals surface area contributed by atoms with Crippen LogP contribution in [-0.4, -0.2) is 15.0 Å². The van der Waals surface area contributed by atoms with Gasteiger partial charge < -0.3 is 5.73 Å². The van der Waals surface area contributed by atoms with Crippen LogP contribution in [0, 0.1) is 18.7 Å². The van der Waals surface area contributed by atoms with Crippen molar-refractivity contribution in [1.82, 2.24) is 4.72 Å². The van der Waals surface area contributed by atoms with Gasteiger partial charge in [0.2, 0.25) is 10.0 Å². The van der Waals surface area contributed by atoms with E-state index < -0.39 is 15.8 Å². The molecule has 0 aromatic heterocycles. The first-order valence-corrected chi connectivity index (χ1v) is 8.44. The van der Waals surface area contributed by atoms with Gasteiger partial charge in [-0.05, 0) is 37.0 Å². The van der Waals surface area contributed by atoms with Crippen molar-refractivity contribution in [3.8, 4) is 0 Å². The molecular weight excluding hydrogens is 279 g/mol. The molecule has 1 saturated carbocycles. The monoisotopic (exact) mass is 300 g/mol. The molecule has 0 spiro atoms. The Morgan fingerprint density at radius 3 is 2.60 bits per heavy atom. The van der Waals surface area contributed by atoms with Crippen molar-refractivity contribution in [1.29, 1.82) is 0 Å². The highest BCUT2D eigenvalue weighted by atomic mass is 32.2. The minimum absolute atomic E-state index is 0.0281. The van der Waals surface area contributed by atoms with Crippen LogP contribution in [0.5, 0.6) is 0 Å². The number of hydrogen-bond acceptors (Lipinski definition) is 3. The molecule has 0 aliphatic heterocycles. The number of sulfonamides is 1. The number of hydrogen-bond donors (Lipinski definition) is 2. The van der Waals surface area contributed by atoms with Gasteiger partial charge in [-0.15, -0.1) is 0 Å². The molecule has 0 heterocycles. The molecule has 112 valence electrons. The van der Waals surface area contributed by atoms with Crippen LogP contribution in [-0.2, 0) is 10.0 Å². The highest BCUT2D eigenvalue weighted by Crippen LogP contribution is 2.27. The lowest BCUT2D eigenvalue weighted by Gasteiger charge is -2.11. The van der Waals surface area contributed by atoms with Crippen molar-refractivity contribution in [2.45, 2.75) is 43.9 Å². The lowest BCUT2D eigenvalue weighted by Crippen LogP contribution is -2.26. The van der Waals surface area contributed by atoms with E-state index in [0.29, 0.717) is 12.5 Å². The third-order valence-corrected chi connectivity index (χ3v) is 5.33. The number of nitrogens with two attached hydrogens (primary N) is 1. The zero-order chi connectivity index (χ0) is 14.8. The van der Waals surface area contributed by atoms with Crippen molar-refractivity contribution in [3.05, 3.63) is 23.5 Å². The van der Waals surface area contributed by atoms with E-state index in [1.54, 1.807) is 0 Å². The molecule has 6 heteroatoms. The average Bonchev–Trinajstić information content (AvgIpc) is 2.88. The molecule has 1 aromatic carbocycles. The quantitative estimate of drug-likeness (QED) is 0.821. The van der Waals surface area contributed by atoms with Gasteiger partial charge in [-0.1, -0.05) is 25.7 Å². The van der Waals surface area contributed by atoms with Crippen LogP contribution in [0.4, 0.5) is 10.1 Å². The molecule has 20 heavy (non-hydrogen) atoms. The van der Waals surface area contributed by atoms with Gasteiger partial charge in [0.15, 0.2) is 0 Å². The number of anilines is 1. The van der Waals surface area contributed by atoms with Crippen molar-refractivity contribution < 1.29 is 12.8 Å². The molecule has 0 unspecified atom stereocenters. The number of nitrogens with one attached hydrogen (secondary N) is 1. The lowest BCUT2D eigenvalue weighted by atomic mass is 10.1. The summed E-state index contributed by atoms with van der Waals surface area (Å²) in [5, 5.41) is 0. The molecule has 1 aromatic rings. The van der Waals surface area contributed by atoms with E-state index in [4.69, 9.17) is 5.73 Å². The van der Waals surface area contributed by atoms with Gasteiger partial charge in [0.05, 0.1) is 10.6 Å². The van der Waals surface area contributed by atoms with Crippen molar-refractivity contribution in [3.63, 3.8) is 0 Å². The summed E-state index contributed by atoms with van der Waals surface area (Å²) in [5.74, 6) is 0.0626. The fourth-order valence-corrected chi connectivity index (χ4v) is 3.86. The number of rotatable bonds is 5. The lowest BCUT2D eigenvalue weighted by molar-refractivity contribution is 0.495. The normalized spacial score (nSPS) is 16.7. The highest BCUT2D eigenvalue weighted by Gasteiger charge is 2.19. The second-order valence-electron chi connectivity index (χ2n) is 5.48. The van der Waals surface area contributed by atoms with E-state index in [-0.39, 0.29) is 16.1 Å². The summed E-state index contributed by atoms with van der Waals surface area (Å²) in [6.07, 6.45) is 5.71. The fraction of sp³-hybridized carbons (Fsp3) is 0.571. The molecule has 1 aliphatic rings. The second-order valence-corrected chi connectivity index (χ2v) is 7.25. The van der Waals surface area contributed by atoms with Gasteiger partial charge >= 0.3 is 0 Å². The Balaban J connectivity index is 2.02. The molecule has 0 radical (unpaired) electrons. The van der Waals surface area contributed by atoms with Gasteiger partial charge in [0.25, 0.3) is 0 Å². The maximum atomic E-state index is 13.4. The minimum atomic E-state index is -3.61. The zero-order valence-corrected chi connectivity index (χ0v) is 12.5. The molecule has 0 amide bonds. The van der Waals surface area contributed by atoms with Gasteiger partial charge in [0.1, 0.15) is 5.82 Å². The molecule has 0 saturated heterocycles. The van der Waals surface area contributed by atoms with Gasteiger partial charge in [-0.2, -0.15) is 0 Å². The summed E-state index contributed by atoms with van der Waals surface area (Å²) in [6, 6.07) is 2.48. The SMILES string of the molecule is Cc1cc(S(=O)(=O)NCCC2CCCC2)cc(N)c1F. The second kappa shape index (κ2) is 6.10. The van der Waals surface area contributed by atoms with Crippen molar-refractivity contribution in [2.75, 3.05) is 12.3 Å². The standard InChI is InChI=1S/C14H21FN2O2S/c1-10-8-12(9-13(16)14(10)15)20(18,19)17-7-6-11-4-2-3-5-11/h8-9,11,17H,2-7,16H2,1H3. The molecule has 0 bridgehead atoms. The molecule has 1 aliphatic carbocycles. The van der Waals surface area contributed by atoms with E-state index in [0.717, 1.165) is 6.42 Å². The predicted octanol–water partition coefficient (Wildman–Crippen LogP) is 2.57. The maximum absolute atomic E-state index is 13.4. The Morgan fingerprint density at radius 1 is 1.35 bits per heavy atom. The smallest absolute Gasteiger partial charge is 0.240 e. The van der Waals surface area contributed by atoms with Crippen molar-refractivity contribution in [2.24, 2.45) is 5.92 Å². The van der Waals surface area contributed by atoms with Crippen LogP contribution in [0.2, 0.25) is 0 Å². The topological polar surface area (TPSA) is 72.2 Å². The van der Waals surface area contributed by atoms with E-state index in [1.165, 1.54) is 44.7 Å². The molecule has 1 fully saturated rings. The van der Waals surface area contributed by atoms with Gasteiger partial charge in [-0.3, -0.25) is 0 Å². The number of benzene rings is 1. The number of halogens is 1. The van der Waals surface area contributed by atoms with E-state index >= 15 is 0 Å². The summed E-state index contributed by atoms with van der Waals surface area (Å²) < 4.78 is 40.3. The largest absolute Gasteiger partial charge is 0.396 e. The third kappa shape index (κ3) is 3.49. The first-order chi connectivity index (χ1) is 9.40. The molecule has 2 rings (SSSR count). The van der Waals surface area contributed by atoms with E-state index in [2.05, 4.69) is 4.72 Å². The zero-order valence-electron chi connectivity index (χ0n) is 11.7. The van der Waals surface area contributed by atoms with Crippen LogP contribution in [0.1, 0.15) is 37.7 Å². The molecule has 3 N–H and O–H groups in total. The van der Waals surface area contributed by atoms with Crippen LogP contribution in [0.15, 0.2) is 17.0 Å². The Morgan fingerprint density at radius 2 is 2.00 bits per heavy atom. The average molecular weight is 300 g/mol. The summed E-state index contributed by atoms with van der Waals surface area (Å²) in [5.41, 5.74) is 5.58. The predicted molar refractivity (Wildman–Crippen MR) is 77.3 cm³/mol. The first-order valence-electron chi connectivity index (χ1n) is 6.95. The van der Waals surface area contributed by atoms with E-state index in [9.17, 15) is 12.8 Å². The Bertz CT molecular complexity index is 558. The van der Waals surface area contributed by atoms with Crippen LogP contribution in [0.25, 0.3) is 0 Å². The Kier molecular flexibility index (Phi) is 4.65. The Hall–Kier alpha value is -1.14. The van der Waals surface area contributed by atoms with Crippen LogP contribution in [0.3, 0.4) is 0 Å². The first kappa shape index (κ1) is 15.3. The summed E-state index contributed by atoms with van der Waals surface area (Å²) >= 11 is 0. The minimum Gasteiger partial charge on any atom is -0.396 e. The summed E-state index contributed by atoms with van der Waals surface area (Å²) in [7, 11) is -3.61. The Labute approximate surface area is 119 Å². The van der Waals surface area contributed by atoms with Crippen LogP contribution < -0.4 is 10.5 Å². The number of nitrogen functional groups attached to an aromatic ring is 1. The van der Waals surface area contributed by atoms with Crippen molar-refractivity contribution >= 4 is 15.7 Å². The fourth-order valence-electron chi connectivity index (χ4n) is 2.70. The molecular formula is C14H21FN2O2S. The highest BCUT2D eigenvalue weighted by molar-refractivity contribution is 7.89. The van der Waals surface area contributed by atoms with Crippen LogP contribution >= 0.6 is 0 Å². The maximum Gasteiger partial charge on any atom is 0.240 e. The van der Waals surface area contributed by atoms with Gasteiger partial charge in [0, 0.05) is 6.54 Å². The van der Waals surface area contributed by atoms with E-state index in [1.807, 2.05) is 0 Å². The molecule has 0 atom stereocenters. The summed E-state index contributed by atoms with van der Waals surface area (Å²) in [4.78, 5) is 0.0281.